The number of pyridine rings is 1. The van der Waals surface area contributed by atoms with Gasteiger partial charge in [-0.2, -0.15) is 18.3 Å². The number of thiazole rings is 1. The molecule has 4 heterocycles. The molecule has 0 saturated heterocycles. The number of rotatable bonds is 5. The molecule has 5 aromatic rings. The van der Waals surface area contributed by atoms with Gasteiger partial charge in [0.2, 0.25) is 0 Å². The second-order valence-electron chi connectivity index (χ2n) is 10.00. The van der Waals surface area contributed by atoms with Gasteiger partial charge >= 0.3 is 12.1 Å². The lowest BCUT2D eigenvalue weighted by molar-refractivity contribution is -0.206. The van der Waals surface area contributed by atoms with Crippen LogP contribution in [0.5, 0.6) is 0 Å². The molecular formula is C27H25F3N6O3S. The topological polar surface area (TPSA) is 112 Å². The van der Waals surface area contributed by atoms with E-state index in [0.717, 1.165) is 37.4 Å². The smallest absolute Gasteiger partial charge is 0.456 e. The Balaban J connectivity index is 1.27. The van der Waals surface area contributed by atoms with E-state index >= 15 is 0 Å². The molecule has 1 fully saturated rings. The summed E-state index contributed by atoms with van der Waals surface area (Å²) in [5.74, 6) is -1.22. The van der Waals surface area contributed by atoms with Crippen molar-refractivity contribution in [2.24, 2.45) is 0 Å². The second kappa shape index (κ2) is 9.81. The predicted octanol–water partition coefficient (Wildman–Crippen LogP) is 6.21. The largest absolute Gasteiger partial charge is 0.490 e. The number of alkyl halides is 3. The van der Waals surface area contributed by atoms with Gasteiger partial charge in [0.15, 0.2) is 16.5 Å². The van der Waals surface area contributed by atoms with Crippen molar-refractivity contribution in [1.82, 2.24) is 19.7 Å². The first kappa shape index (κ1) is 26.1. The lowest BCUT2D eigenvalue weighted by Crippen LogP contribution is -2.32. The van der Waals surface area contributed by atoms with E-state index in [9.17, 15) is 18.0 Å². The number of hydrogen-bond donors (Lipinski definition) is 1. The van der Waals surface area contributed by atoms with Crippen LogP contribution >= 0.6 is 11.3 Å². The highest BCUT2D eigenvalue weighted by atomic mass is 32.1. The summed E-state index contributed by atoms with van der Waals surface area (Å²) in [6.45, 7) is 0. The molecule has 0 atom stereocenters. The number of nitrogens with zero attached hydrogens (tertiary/aromatic N) is 5. The maximum Gasteiger partial charge on any atom is 0.490 e. The molecule has 208 valence electrons. The highest BCUT2D eigenvalue weighted by molar-refractivity contribution is 7.22. The summed E-state index contributed by atoms with van der Waals surface area (Å²) in [7, 11) is 3.90. The van der Waals surface area contributed by atoms with E-state index < -0.39 is 18.2 Å². The van der Waals surface area contributed by atoms with Crippen molar-refractivity contribution in [3.63, 3.8) is 0 Å². The van der Waals surface area contributed by atoms with E-state index in [2.05, 4.69) is 14.8 Å². The van der Waals surface area contributed by atoms with E-state index in [-0.39, 0.29) is 11.9 Å². The Bertz CT molecular complexity index is 1720. The Morgan fingerprint density at radius 3 is 2.67 bits per heavy atom. The van der Waals surface area contributed by atoms with Crippen molar-refractivity contribution >= 4 is 49.4 Å². The molecule has 0 radical (unpaired) electrons. The maximum absolute atomic E-state index is 12.5. The van der Waals surface area contributed by atoms with Crippen molar-refractivity contribution in [3.8, 4) is 22.5 Å². The Morgan fingerprint density at radius 2 is 1.95 bits per heavy atom. The van der Waals surface area contributed by atoms with Gasteiger partial charge in [-0.15, -0.1) is 0 Å². The van der Waals surface area contributed by atoms with Gasteiger partial charge in [0.25, 0.3) is 0 Å². The number of nitrogen functional groups attached to an aromatic ring is 1. The Kier molecular flexibility index (Phi) is 6.40. The summed E-state index contributed by atoms with van der Waals surface area (Å²) < 4.78 is 51.3. The fraction of sp³-hybridized carbons (Fsp3) is 0.333. The quantitative estimate of drug-likeness (QED) is 0.249. The van der Waals surface area contributed by atoms with Crippen LogP contribution < -0.4 is 10.6 Å². The molecule has 1 saturated carbocycles. The number of furan rings is 1. The van der Waals surface area contributed by atoms with Crippen LogP contribution in [-0.4, -0.2) is 52.1 Å². The Hall–Kier alpha value is -4.13. The summed E-state index contributed by atoms with van der Waals surface area (Å²) in [5.41, 5.74) is 10.1. The second-order valence-corrected chi connectivity index (χ2v) is 11.0. The first-order valence-electron chi connectivity index (χ1n) is 12.7. The molecule has 0 unspecified atom stereocenters. The number of anilines is 2. The fourth-order valence-electron chi connectivity index (χ4n) is 5.05. The number of nitrogens with two attached hydrogens (primary N) is 1. The number of carbonyl (C=O) groups excluding carboxylic acids is 1. The first-order valence-corrected chi connectivity index (χ1v) is 13.5. The third-order valence-corrected chi connectivity index (χ3v) is 8.35. The average Bonchev–Trinajstić information content (AvgIpc) is 3.67. The van der Waals surface area contributed by atoms with Gasteiger partial charge in [-0.1, -0.05) is 17.4 Å². The normalized spacial score (nSPS) is 17.9. The highest BCUT2D eigenvalue weighted by Crippen LogP contribution is 2.41. The van der Waals surface area contributed by atoms with Gasteiger partial charge < -0.3 is 19.8 Å². The van der Waals surface area contributed by atoms with Crippen LogP contribution in [0.3, 0.4) is 0 Å². The third kappa shape index (κ3) is 4.74. The summed E-state index contributed by atoms with van der Waals surface area (Å²) in [6, 6.07) is 7.82. The summed E-state index contributed by atoms with van der Waals surface area (Å²) >= 11 is 1.58. The molecule has 9 nitrogen and oxygen atoms in total. The molecule has 0 aliphatic heterocycles. The molecule has 1 aromatic carbocycles. The van der Waals surface area contributed by atoms with E-state index in [1.165, 1.54) is 0 Å². The van der Waals surface area contributed by atoms with Gasteiger partial charge in [-0.05, 0) is 43.9 Å². The van der Waals surface area contributed by atoms with Gasteiger partial charge in [-0.3, -0.25) is 4.68 Å². The number of fused-ring (bicyclic) bond motifs is 2. The van der Waals surface area contributed by atoms with Crippen molar-refractivity contribution in [2.45, 2.75) is 44.0 Å². The number of esters is 1. The first-order chi connectivity index (χ1) is 19.1. The third-order valence-electron chi connectivity index (χ3n) is 7.07. The van der Waals surface area contributed by atoms with E-state index in [0.29, 0.717) is 37.0 Å². The molecule has 0 amide bonds. The van der Waals surface area contributed by atoms with Crippen LogP contribution in [-0.2, 0) is 9.53 Å². The molecule has 1 aliphatic rings. The SMILES string of the molecule is CN(C)c1nc2cccc(-c3cc4c(-c5cnn([C@H]6CC[C@H](OC(=O)C(F)(F)F)CC6)c5)cnc(N)c4o3)c2s1. The van der Waals surface area contributed by atoms with Crippen LogP contribution in [0.2, 0.25) is 0 Å². The van der Waals surface area contributed by atoms with E-state index in [4.69, 9.17) is 15.1 Å². The van der Waals surface area contributed by atoms with Crippen LogP contribution in [0.1, 0.15) is 31.7 Å². The summed E-state index contributed by atoms with van der Waals surface area (Å²) in [4.78, 5) is 22.2. The fourth-order valence-corrected chi connectivity index (χ4v) is 6.06. The van der Waals surface area contributed by atoms with E-state index in [1.807, 2.05) is 49.5 Å². The molecule has 2 N–H and O–H groups in total. The minimum Gasteiger partial charge on any atom is -0.456 e. The molecule has 6 rings (SSSR count). The van der Waals surface area contributed by atoms with E-state index in [1.54, 1.807) is 28.4 Å². The van der Waals surface area contributed by atoms with Gasteiger partial charge in [0, 0.05) is 48.6 Å². The van der Waals surface area contributed by atoms with Crippen LogP contribution in [0.25, 0.3) is 43.6 Å². The van der Waals surface area contributed by atoms with Crippen molar-refractivity contribution in [2.75, 3.05) is 24.7 Å². The standard InChI is InChI=1S/C27H25F3N6O3S/c1-35(2)26-34-20-5-3-4-17(23(20)40-26)21-10-18-19(12-32-24(31)22(18)39-21)14-11-33-36(13-14)15-6-8-16(9-7-15)38-25(37)27(28,29)30/h3-5,10-13,15-16H,6-9H2,1-2H3,(H2,31,32)/t15-,16-. The minimum absolute atomic E-state index is 0.0263. The van der Waals surface area contributed by atoms with Crippen LogP contribution in [0, 0.1) is 0 Å². The predicted molar refractivity (Wildman–Crippen MR) is 146 cm³/mol. The zero-order valence-electron chi connectivity index (χ0n) is 21.6. The molecular weight excluding hydrogens is 545 g/mol. The number of aromatic nitrogens is 4. The molecule has 4 aromatic heterocycles. The number of hydrogen-bond acceptors (Lipinski definition) is 9. The van der Waals surface area contributed by atoms with Crippen LogP contribution in [0.4, 0.5) is 24.1 Å². The van der Waals surface area contributed by atoms with Gasteiger partial charge in [0.05, 0.1) is 22.5 Å². The number of benzene rings is 1. The monoisotopic (exact) mass is 570 g/mol. The minimum atomic E-state index is -4.98. The molecule has 40 heavy (non-hydrogen) atoms. The average molecular weight is 571 g/mol. The number of carbonyl (C=O) groups is 1. The summed E-state index contributed by atoms with van der Waals surface area (Å²) in [6.07, 6.45) is 1.30. The van der Waals surface area contributed by atoms with Crippen molar-refractivity contribution in [1.29, 1.82) is 0 Å². The molecule has 1 aliphatic carbocycles. The number of ether oxygens (including phenoxy) is 1. The van der Waals surface area contributed by atoms with Crippen molar-refractivity contribution < 1.29 is 27.1 Å². The molecule has 0 bridgehead atoms. The summed E-state index contributed by atoms with van der Waals surface area (Å²) in [5, 5.41) is 6.20. The van der Waals surface area contributed by atoms with Gasteiger partial charge in [-0.25, -0.2) is 14.8 Å². The zero-order chi connectivity index (χ0) is 28.2. The van der Waals surface area contributed by atoms with Gasteiger partial charge in [0.1, 0.15) is 11.9 Å². The number of halogens is 3. The lowest BCUT2D eigenvalue weighted by atomic mass is 9.93. The van der Waals surface area contributed by atoms with Crippen molar-refractivity contribution in [3.05, 3.63) is 42.9 Å². The molecule has 13 heteroatoms. The Labute approximate surface area is 230 Å². The maximum atomic E-state index is 12.5. The lowest BCUT2D eigenvalue weighted by Gasteiger charge is -2.28. The Morgan fingerprint density at radius 1 is 1.18 bits per heavy atom. The highest BCUT2D eigenvalue weighted by Gasteiger charge is 2.42. The molecule has 0 spiro atoms. The van der Waals surface area contributed by atoms with Crippen LogP contribution in [0.15, 0.2) is 47.3 Å². The zero-order valence-corrected chi connectivity index (χ0v) is 22.4.